The summed E-state index contributed by atoms with van der Waals surface area (Å²) in [5, 5.41) is 0. The smallest absolute Gasteiger partial charge is 0.493 e. The van der Waals surface area contributed by atoms with E-state index < -0.39 is 13.0 Å². The summed E-state index contributed by atoms with van der Waals surface area (Å²) in [5.41, 5.74) is 0.796. The molecule has 1 aromatic rings. The summed E-state index contributed by atoms with van der Waals surface area (Å²) in [6.07, 6.45) is -4.66. The highest BCUT2D eigenvalue weighted by Gasteiger charge is 2.28. The fourth-order valence-corrected chi connectivity index (χ4v) is 2.05. The summed E-state index contributed by atoms with van der Waals surface area (Å²) >= 11 is 8.94. The Morgan fingerprint density at radius 3 is 2.47 bits per heavy atom. The van der Waals surface area contributed by atoms with Crippen molar-refractivity contribution >= 4 is 27.5 Å². The monoisotopic (exact) mass is 362 g/mol. The number of alkyl halides is 4. The van der Waals surface area contributed by atoms with Crippen molar-refractivity contribution in [3.8, 4) is 11.5 Å². The van der Waals surface area contributed by atoms with Crippen molar-refractivity contribution in [2.24, 2.45) is 0 Å². The van der Waals surface area contributed by atoms with Gasteiger partial charge in [0.05, 0.1) is 18.2 Å². The van der Waals surface area contributed by atoms with Gasteiger partial charge in [0.15, 0.2) is 11.5 Å². The van der Waals surface area contributed by atoms with Gasteiger partial charge < -0.3 is 9.47 Å². The molecule has 8 heteroatoms. The van der Waals surface area contributed by atoms with Crippen LogP contribution in [-0.2, 0) is 10.6 Å². The molecule has 0 N–H and O–H groups in total. The van der Waals surface area contributed by atoms with Gasteiger partial charge in [-0.2, -0.15) is 0 Å². The molecule has 3 nitrogen and oxygen atoms in total. The first-order valence-corrected chi connectivity index (χ1v) is 6.46. The van der Waals surface area contributed by atoms with Crippen LogP contribution in [0.3, 0.4) is 0 Å². The summed E-state index contributed by atoms with van der Waals surface area (Å²) < 4.78 is 49.8. The predicted octanol–water partition coefficient (Wildman–Crippen LogP) is 4.11. The molecule has 0 saturated heterocycles. The van der Waals surface area contributed by atoms with Crippen molar-refractivity contribution < 1.29 is 27.4 Å². The average Bonchev–Trinajstić information content (AvgIpc) is 2.34. The molecular formula is C11H11BrClF3O3. The van der Waals surface area contributed by atoms with Gasteiger partial charge in [0, 0.05) is 5.88 Å². The minimum atomic E-state index is -4.66. The van der Waals surface area contributed by atoms with E-state index in [9.17, 15) is 13.2 Å². The van der Waals surface area contributed by atoms with E-state index >= 15 is 0 Å². The molecule has 108 valence electrons. The van der Waals surface area contributed by atoms with Crippen LogP contribution in [0, 0.1) is 0 Å². The fourth-order valence-electron chi connectivity index (χ4n) is 1.29. The second-order valence-corrected chi connectivity index (χ2v) is 4.51. The third-order valence-corrected chi connectivity index (χ3v) is 2.94. The van der Waals surface area contributed by atoms with E-state index in [0.717, 1.165) is 5.56 Å². The highest BCUT2D eigenvalue weighted by molar-refractivity contribution is 9.10. The summed E-state index contributed by atoms with van der Waals surface area (Å²) in [7, 11) is 1.43. The van der Waals surface area contributed by atoms with Crippen molar-refractivity contribution in [2.75, 3.05) is 20.3 Å². The average molecular weight is 364 g/mol. The Bertz CT molecular complexity index is 426. The van der Waals surface area contributed by atoms with Crippen LogP contribution >= 0.6 is 27.5 Å². The maximum absolute atomic E-state index is 11.8. The first-order valence-electron chi connectivity index (χ1n) is 5.13. The van der Waals surface area contributed by atoms with Crippen molar-refractivity contribution in [3.63, 3.8) is 0 Å². The van der Waals surface area contributed by atoms with Crippen molar-refractivity contribution in [1.29, 1.82) is 0 Å². The Hall–Kier alpha value is -0.660. The third-order valence-electron chi connectivity index (χ3n) is 2.04. The Morgan fingerprint density at radius 1 is 1.26 bits per heavy atom. The second kappa shape index (κ2) is 7.21. The summed E-state index contributed by atoms with van der Waals surface area (Å²) in [4.78, 5) is 0. The van der Waals surface area contributed by atoms with Gasteiger partial charge in [0.25, 0.3) is 0 Å². The van der Waals surface area contributed by atoms with Gasteiger partial charge >= 0.3 is 6.36 Å². The first kappa shape index (κ1) is 16.4. The van der Waals surface area contributed by atoms with Gasteiger partial charge in [0.1, 0.15) is 6.61 Å². The van der Waals surface area contributed by atoms with E-state index in [2.05, 4.69) is 20.7 Å². The van der Waals surface area contributed by atoms with Crippen LogP contribution in [0.1, 0.15) is 5.56 Å². The van der Waals surface area contributed by atoms with E-state index in [1.807, 2.05) is 0 Å². The molecule has 0 atom stereocenters. The molecule has 0 amide bonds. The van der Waals surface area contributed by atoms with E-state index in [1.165, 1.54) is 7.11 Å². The zero-order valence-corrected chi connectivity index (χ0v) is 12.2. The van der Waals surface area contributed by atoms with Crippen LogP contribution < -0.4 is 9.47 Å². The molecular weight excluding hydrogens is 352 g/mol. The Kier molecular flexibility index (Phi) is 6.22. The SMILES string of the molecule is COc1cc(CCl)cc(Br)c1OCCOC(F)(F)F. The van der Waals surface area contributed by atoms with Crippen LogP contribution in [-0.4, -0.2) is 26.7 Å². The van der Waals surface area contributed by atoms with Gasteiger partial charge in [-0.25, -0.2) is 0 Å². The lowest BCUT2D eigenvalue weighted by Crippen LogP contribution is -2.18. The van der Waals surface area contributed by atoms with Gasteiger partial charge in [-0.1, -0.05) is 0 Å². The highest BCUT2D eigenvalue weighted by Crippen LogP contribution is 2.37. The van der Waals surface area contributed by atoms with Crippen LogP contribution in [0.15, 0.2) is 16.6 Å². The van der Waals surface area contributed by atoms with E-state index in [4.69, 9.17) is 21.1 Å². The molecule has 0 radical (unpaired) electrons. The number of hydrogen-bond acceptors (Lipinski definition) is 3. The molecule has 1 rings (SSSR count). The Morgan fingerprint density at radius 2 is 1.95 bits per heavy atom. The standard InChI is InChI=1S/C11H11BrClF3O3/c1-17-9-5-7(6-13)4-8(12)10(9)18-2-3-19-11(14,15)16/h4-5H,2-3,6H2,1H3. The summed E-state index contributed by atoms with van der Waals surface area (Å²) in [6, 6.07) is 3.35. The molecule has 0 saturated carbocycles. The predicted molar refractivity (Wildman–Crippen MR) is 67.8 cm³/mol. The highest BCUT2D eigenvalue weighted by atomic mass is 79.9. The van der Waals surface area contributed by atoms with E-state index in [1.54, 1.807) is 12.1 Å². The lowest BCUT2D eigenvalue weighted by molar-refractivity contribution is -0.325. The third kappa shape index (κ3) is 5.46. The molecule has 0 bridgehead atoms. The van der Waals surface area contributed by atoms with Crippen LogP contribution in [0.4, 0.5) is 13.2 Å². The van der Waals surface area contributed by atoms with Crippen LogP contribution in [0.2, 0.25) is 0 Å². The quantitative estimate of drug-likeness (QED) is 0.562. The zero-order valence-electron chi connectivity index (χ0n) is 9.89. The lowest BCUT2D eigenvalue weighted by Gasteiger charge is -2.14. The number of hydrogen-bond donors (Lipinski definition) is 0. The molecule has 0 fully saturated rings. The minimum absolute atomic E-state index is 0.255. The van der Waals surface area contributed by atoms with Crippen LogP contribution in [0.25, 0.3) is 0 Å². The maximum Gasteiger partial charge on any atom is 0.522 e. The molecule has 0 heterocycles. The van der Waals surface area contributed by atoms with E-state index in [-0.39, 0.29) is 12.5 Å². The molecule has 19 heavy (non-hydrogen) atoms. The van der Waals surface area contributed by atoms with Gasteiger partial charge in [0.2, 0.25) is 0 Å². The number of rotatable bonds is 6. The fraction of sp³-hybridized carbons (Fsp3) is 0.455. The van der Waals surface area contributed by atoms with Gasteiger partial charge in [-0.05, 0) is 33.6 Å². The second-order valence-electron chi connectivity index (χ2n) is 3.39. The van der Waals surface area contributed by atoms with Gasteiger partial charge in [-0.3, -0.25) is 4.74 Å². The number of benzene rings is 1. The topological polar surface area (TPSA) is 27.7 Å². The Balaban J connectivity index is 2.67. The van der Waals surface area contributed by atoms with Crippen molar-refractivity contribution in [1.82, 2.24) is 0 Å². The normalized spacial score (nSPS) is 11.5. The van der Waals surface area contributed by atoms with E-state index in [0.29, 0.717) is 16.0 Å². The molecule has 1 aromatic carbocycles. The number of ether oxygens (including phenoxy) is 3. The molecule has 0 spiro atoms. The number of halogens is 5. The minimum Gasteiger partial charge on any atom is -0.493 e. The zero-order chi connectivity index (χ0) is 14.5. The van der Waals surface area contributed by atoms with Crippen molar-refractivity contribution in [3.05, 3.63) is 22.2 Å². The largest absolute Gasteiger partial charge is 0.522 e. The molecule has 0 aliphatic rings. The van der Waals surface area contributed by atoms with Gasteiger partial charge in [-0.15, -0.1) is 24.8 Å². The molecule has 0 unspecified atom stereocenters. The molecule has 0 aliphatic heterocycles. The molecule has 0 aromatic heterocycles. The molecule has 0 aliphatic carbocycles. The maximum atomic E-state index is 11.8. The van der Waals surface area contributed by atoms with Crippen LogP contribution in [0.5, 0.6) is 11.5 Å². The first-order chi connectivity index (χ1) is 8.87. The number of methoxy groups -OCH3 is 1. The summed E-state index contributed by atoms with van der Waals surface area (Å²) in [5.74, 6) is 0.978. The van der Waals surface area contributed by atoms with Crippen molar-refractivity contribution in [2.45, 2.75) is 12.2 Å². The summed E-state index contributed by atoms with van der Waals surface area (Å²) in [6.45, 7) is -0.856. The Labute approximate surface area is 121 Å². The lowest BCUT2D eigenvalue weighted by atomic mass is 10.2.